The number of ether oxygens (including phenoxy) is 2. The number of amides is 1. The summed E-state index contributed by atoms with van der Waals surface area (Å²) in [6.07, 6.45) is 0. The molecule has 4 rings (SSSR count). The van der Waals surface area contributed by atoms with E-state index >= 15 is 0 Å². The largest absolute Gasteiger partial charge is 0.497 e. The molecule has 0 aliphatic carbocycles. The molecule has 0 spiro atoms. The lowest BCUT2D eigenvalue weighted by Gasteiger charge is -2.15. The molecule has 0 N–H and O–H groups in total. The molecule has 0 bridgehead atoms. The number of rotatable bonds is 3. The number of furan rings is 1. The van der Waals surface area contributed by atoms with Gasteiger partial charge in [0, 0.05) is 24.6 Å². The standard InChI is InChI=1S/C18H17NO5/c1-22-13-4-2-11(3-5-13)15-6-7-16(24-15)17(20)19-8-12-10-23-18(21)14(12)9-19/h2-7,12,14H,8-10H2,1H3/t12-,14-/m1/s1. The molecule has 0 radical (unpaired) electrons. The molecular weight excluding hydrogens is 310 g/mol. The zero-order valence-electron chi connectivity index (χ0n) is 13.2. The summed E-state index contributed by atoms with van der Waals surface area (Å²) in [6.45, 7) is 1.34. The lowest BCUT2D eigenvalue weighted by Crippen LogP contribution is -2.30. The van der Waals surface area contributed by atoms with Crippen LogP contribution >= 0.6 is 0 Å². The average molecular weight is 327 g/mol. The highest BCUT2D eigenvalue weighted by Crippen LogP contribution is 2.32. The predicted octanol–water partition coefficient (Wildman–Crippen LogP) is 2.20. The van der Waals surface area contributed by atoms with Crippen molar-refractivity contribution < 1.29 is 23.5 Å². The lowest BCUT2D eigenvalue weighted by atomic mass is 10.0. The Labute approximate surface area is 139 Å². The SMILES string of the molecule is COc1ccc(-c2ccc(C(=O)N3C[C@@H]4COC(=O)[C@@H]4C3)o2)cc1. The van der Waals surface area contributed by atoms with Crippen LogP contribution in [0.5, 0.6) is 5.75 Å². The lowest BCUT2D eigenvalue weighted by molar-refractivity contribution is -0.141. The number of hydrogen-bond acceptors (Lipinski definition) is 5. The molecule has 124 valence electrons. The number of esters is 1. The van der Waals surface area contributed by atoms with E-state index in [-0.39, 0.29) is 29.5 Å². The van der Waals surface area contributed by atoms with Gasteiger partial charge < -0.3 is 18.8 Å². The van der Waals surface area contributed by atoms with Gasteiger partial charge in [0.05, 0.1) is 19.6 Å². The van der Waals surface area contributed by atoms with Crippen LogP contribution in [0.25, 0.3) is 11.3 Å². The van der Waals surface area contributed by atoms with Crippen molar-refractivity contribution in [3.8, 4) is 17.1 Å². The minimum absolute atomic E-state index is 0.109. The second-order valence-corrected chi connectivity index (χ2v) is 6.10. The Morgan fingerprint density at radius 1 is 1.17 bits per heavy atom. The third-order valence-corrected chi connectivity index (χ3v) is 4.66. The highest BCUT2D eigenvalue weighted by Gasteiger charge is 2.45. The van der Waals surface area contributed by atoms with E-state index < -0.39 is 0 Å². The smallest absolute Gasteiger partial charge is 0.311 e. The van der Waals surface area contributed by atoms with Crippen LogP contribution in [0.4, 0.5) is 0 Å². The molecule has 2 aliphatic heterocycles. The van der Waals surface area contributed by atoms with E-state index in [1.165, 1.54) is 0 Å². The number of methoxy groups -OCH3 is 1. The van der Waals surface area contributed by atoms with E-state index in [1.807, 2.05) is 24.3 Å². The van der Waals surface area contributed by atoms with Crippen LogP contribution in [0.2, 0.25) is 0 Å². The summed E-state index contributed by atoms with van der Waals surface area (Å²) in [6, 6.07) is 10.9. The zero-order chi connectivity index (χ0) is 16.7. The van der Waals surface area contributed by atoms with Crippen molar-refractivity contribution in [1.29, 1.82) is 0 Å². The summed E-state index contributed by atoms with van der Waals surface area (Å²) in [5, 5.41) is 0. The van der Waals surface area contributed by atoms with Gasteiger partial charge >= 0.3 is 5.97 Å². The Bertz CT molecular complexity index is 779. The maximum Gasteiger partial charge on any atom is 0.311 e. The summed E-state index contributed by atoms with van der Waals surface area (Å²) >= 11 is 0. The highest BCUT2D eigenvalue weighted by molar-refractivity contribution is 5.93. The van der Waals surface area contributed by atoms with E-state index in [4.69, 9.17) is 13.9 Å². The number of carbonyl (C=O) groups excluding carboxylic acids is 2. The van der Waals surface area contributed by atoms with Crippen molar-refractivity contribution in [3.05, 3.63) is 42.2 Å². The van der Waals surface area contributed by atoms with Gasteiger partial charge in [0.15, 0.2) is 5.76 Å². The van der Waals surface area contributed by atoms with Crippen molar-refractivity contribution in [1.82, 2.24) is 4.90 Å². The van der Waals surface area contributed by atoms with Gasteiger partial charge in [0.25, 0.3) is 5.91 Å². The molecule has 1 aromatic carbocycles. The fourth-order valence-corrected chi connectivity index (χ4v) is 3.29. The molecule has 24 heavy (non-hydrogen) atoms. The molecule has 2 aromatic rings. The minimum Gasteiger partial charge on any atom is -0.497 e. The summed E-state index contributed by atoms with van der Waals surface area (Å²) in [5.41, 5.74) is 0.872. The molecule has 2 aliphatic rings. The summed E-state index contributed by atoms with van der Waals surface area (Å²) in [7, 11) is 1.61. The summed E-state index contributed by atoms with van der Waals surface area (Å²) in [4.78, 5) is 25.9. The van der Waals surface area contributed by atoms with Gasteiger partial charge in [0.1, 0.15) is 11.5 Å². The molecule has 2 atom stereocenters. The van der Waals surface area contributed by atoms with E-state index in [9.17, 15) is 9.59 Å². The topological polar surface area (TPSA) is 69.0 Å². The normalized spacial score (nSPS) is 22.4. The van der Waals surface area contributed by atoms with Crippen molar-refractivity contribution in [3.63, 3.8) is 0 Å². The second-order valence-electron chi connectivity index (χ2n) is 6.10. The van der Waals surface area contributed by atoms with Crippen molar-refractivity contribution in [2.24, 2.45) is 11.8 Å². The van der Waals surface area contributed by atoms with Crippen molar-refractivity contribution in [2.75, 3.05) is 26.8 Å². The molecule has 6 heteroatoms. The fourth-order valence-electron chi connectivity index (χ4n) is 3.29. The van der Waals surface area contributed by atoms with Gasteiger partial charge in [-0.2, -0.15) is 0 Å². The number of carbonyl (C=O) groups is 2. The average Bonchev–Trinajstić information content (AvgIpc) is 3.32. The van der Waals surface area contributed by atoms with E-state index in [1.54, 1.807) is 24.1 Å². The third kappa shape index (κ3) is 2.44. The molecule has 0 unspecified atom stereocenters. The van der Waals surface area contributed by atoms with E-state index in [2.05, 4.69) is 0 Å². The van der Waals surface area contributed by atoms with Crippen LogP contribution in [0.3, 0.4) is 0 Å². The number of benzene rings is 1. The second kappa shape index (κ2) is 5.70. The van der Waals surface area contributed by atoms with Crippen molar-refractivity contribution >= 4 is 11.9 Å². The van der Waals surface area contributed by atoms with Gasteiger partial charge in [-0.05, 0) is 36.4 Å². The van der Waals surface area contributed by atoms with Gasteiger partial charge in [-0.1, -0.05) is 0 Å². The quantitative estimate of drug-likeness (QED) is 0.809. The number of likely N-dealkylation sites (tertiary alicyclic amines) is 1. The van der Waals surface area contributed by atoms with Gasteiger partial charge in [-0.25, -0.2) is 0 Å². The first-order valence-corrected chi connectivity index (χ1v) is 7.86. The van der Waals surface area contributed by atoms with Crippen molar-refractivity contribution in [2.45, 2.75) is 0 Å². The van der Waals surface area contributed by atoms with E-state index in [0.29, 0.717) is 25.5 Å². The zero-order valence-corrected chi connectivity index (χ0v) is 13.2. The Kier molecular flexibility index (Phi) is 3.52. The molecule has 2 saturated heterocycles. The third-order valence-electron chi connectivity index (χ3n) is 4.66. The molecule has 6 nitrogen and oxygen atoms in total. The Hall–Kier alpha value is -2.76. The Morgan fingerprint density at radius 3 is 2.67 bits per heavy atom. The Balaban J connectivity index is 1.50. The van der Waals surface area contributed by atoms with Crippen LogP contribution in [0.1, 0.15) is 10.6 Å². The van der Waals surface area contributed by atoms with Gasteiger partial charge in [-0.3, -0.25) is 9.59 Å². The Morgan fingerprint density at radius 2 is 1.96 bits per heavy atom. The monoisotopic (exact) mass is 327 g/mol. The number of nitrogens with zero attached hydrogens (tertiary/aromatic N) is 1. The molecule has 0 saturated carbocycles. The van der Waals surface area contributed by atoms with Crippen LogP contribution < -0.4 is 4.74 Å². The molecule has 2 fully saturated rings. The maximum atomic E-state index is 12.6. The molecule has 1 aromatic heterocycles. The first kappa shape index (κ1) is 14.8. The minimum atomic E-state index is -0.200. The first-order valence-electron chi connectivity index (χ1n) is 7.86. The van der Waals surface area contributed by atoms with E-state index in [0.717, 1.165) is 11.3 Å². The van der Waals surface area contributed by atoms with Crippen LogP contribution in [-0.2, 0) is 9.53 Å². The molecular formula is C18H17NO5. The predicted molar refractivity (Wildman–Crippen MR) is 84.5 cm³/mol. The summed E-state index contributed by atoms with van der Waals surface area (Å²) in [5.74, 6) is 1.21. The van der Waals surface area contributed by atoms with Crippen LogP contribution in [0.15, 0.2) is 40.8 Å². The number of hydrogen-bond donors (Lipinski definition) is 0. The van der Waals surface area contributed by atoms with Crippen LogP contribution in [0, 0.1) is 11.8 Å². The molecule has 3 heterocycles. The first-order chi connectivity index (χ1) is 11.7. The van der Waals surface area contributed by atoms with Crippen LogP contribution in [-0.4, -0.2) is 43.6 Å². The maximum absolute atomic E-state index is 12.6. The summed E-state index contributed by atoms with van der Waals surface area (Å²) < 4.78 is 15.9. The number of fused-ring (bicyclic) bond motifs is 1. The fraction of sp³-hybridized carbons (Fsp3) is 0.333. The van der Waals surface area contributed by atoms with Gasteiger partial charge in [-0.15, -0.1) is 0 Å². The molecule has 1 amide bonds. The number of cyclic esters (lactones) is 1. The van der Waals surface area contributed by atoms with Gasteiger partial charge in [0.2, 0.25) is 0 Å². The highest BCUT2D eigenvalue weighted by atomic mass is 16.5.